The minimum Gasteiger partial charge on any atom is -0.476 e. The van der Waals surface area contributed by atoms with E-state index in [4.69, 9.17) is 10.1 Å². The van der Waals surface area contributed by atoms with Gasteiger partial charge in [-0.15, -0.1) is 0 Å². The Morgan fingerprint density at radius 2 is 1.97 bits per heavy atom. The highest BCUT2D eigenvalue weighted by atomic mass is 16.5. The molecule has 1 amide bonds. The Hall–Kier alpha value is -4.31. The molecular weight excluding hydrogens is 446 g/mol. The summed E-state index contributed by atoms with van der Waals surface area (Å²) in [5, 5.41) is 13.6. The zero-order valence-electron chi connectivity index (χ0n) is 20.3. The van der Waals surface area contributed by atoms with Crippen LogP contribution in [0.3, 0.4) is 0 Å². The Bertz CT molecular complexity index is 1560. The predicted molar refractivity (Wildman–Crippen MR) is 137 cm³/mol. The molecule has 3 aromatic heterocycles. The van der Waals surface area contributed by atoms with Crippen LogP contribution in [0.25, 0.3) is 38.8 Å². The van der Waals surface area contributed by atoms with Crippen molar-refractivity contribution in [1.82, 2.24) is 19.1 Å². The van der Waals surface area contributed by atoms with Crippen LogP contribution in [0.2, 0.25) is 0 Å². The number of carbonyl (C=O) groups excluding carboxylic acids is 1. The number of benzene rings is 1. The Morgan fingerprint density at radius 3 is 2.63 bits per heavy atom. The van der Waals surface area contributed by atoms with Gasteiger partial charge in [-0.2, -0.15) is 0 Å². The number of amides is 1. The lowest BCUT2D eigenvalue weighted by atomic mass is 10.0. The number of allylic oxidation sites excluding steroid dienone is 1. The summed E-state index contributed by atoms with van der Waals surface area (Å²) in [5.41, 5.74) is 4.63. The van der Waals surface area contributed by atoms with Crippen molar-refractivity contribution in [2.45, 2.75) is 20.8 Å². The molecule has 0 saturated carbocycles. The summed E-state index contributed by atoms with van der Waals surface area (Å²) in [7, 11) is 3.55. The highest BCUT2D eigenvalue weighted by molar-refractivity contribution is 6.18. The van der Waals surface area contributed by atoms with Crippen LogP contribution in [0.5, 0.6) is 5.88 Å². The first kappa shape index (κ1) is 23.8. The molecule has 0 saturated heterocycles. The van der Waals surface area contributed by atoms with Crippen molar-refractivity contribution in [3.63, 3.8) is 0 Å². The molecule has 10 nitrogen and oxygen atoms in total. The number of ether oxygens (including phenoxy) is 1. The molecule has 4 rings (SSSR count). The monoisotopic (exact) mass is 474 g/mol. The van der Waals surface area contributed by atoms with Crippen molar-refractivity contribution in [2.75, 3.05) is 19.0 Å². The molecule has 1 aromatic carbocycles. The second kappa shape index (κ2) is 9.51. The fourth-order valence-corrected chi connectivity index (χ4v) is 4.07. The number of nitrogens with zero attached hydrogens (tertiary/aromatic N) is 4. The molecule has 10 heteroatoms. The van der Waals surface area contributed by atoms with Crippen LogP contribution >= 0.6 is 0 Å². The van der Waals surface area contributed by atoms with Crippen LogP contribution in [0.1, 0.15) is 20.8 Å². The SMILES string of the molecule is CCOc1ncc(-c2ccc3ncc4c(c3c2)n(C(=C[NH2+]C)C(C)=N)c(=O)n4C)cc1NC(C)=O. The largest absolute Gasteiger partial charge is 0.476 e. The van der Waals surface area contributed by atoms with Gasteiger partial charge in [0.05, 0.1) is 42.1 Å². The fourth-order valence-electron chi connectivity index (χ4n) is 4.07. The van der Waals surface area contributed by atoms with Crippen molar-refractivity contribution in [3.8, 4) is 17.0 Å². The molecule has 0 fully saturated rings. The van der Waals surface area contributed by atoms with E-state index in [1.165, 1.54) is 11.5 Å². The third-order valence-electron chi connectivity index (χ3n) is 5.61. The van der Waals surface area contributed by atoms with Crippen LogP contribution in [0.4, 0.5) is 5.69 Å². The van der Waals surface area contributed by atoms with Crippen molar-refractivity contribution in [3.05, 3.63) is 53.3 Å². The quantitative estimate of drug-likeness (QED) is 0.354. The zero-order chi connectivity index (χ0) is 25.3. The number of quaternary nitrogens is 1. The number of hydrogen-bond donors (Lipinski definition) is 3. The summed E-state index contributed by atoms with van der Waals surface area (Å²) >= 11 is 0. The lowest BCUT2D eigenvalue weighted by molar-refractivity contribution is -0.555. The van der Waals surface area contributed by atoms with Crippen molar-refractivity contribution in [1.29, 1.82) is 5.41 Å². The zero-order valence-corrected chi connectivity index (χ0v) is 20.3. The molecule has 0 atom stereocenters. The van der Waals surface area contributed by atoms with Gasteiger partial charge in [-0.05, 0) is 37.6 Å². The second-order valence-electron chi connectivity index (χ2n) is 8.10. The molecule has 0 spiro atoms. The van der Waals surface area contributed by atoms with E-state index in [0.29, 0.717) is 40.4 Å². The number of carbonyl (C=O) groups is 1. The summed E-state index contributed by atoms with van der Waals surface area (Å²) in [4.78, 5) is 33.9. The maximum absolute atomic E-state index is 13.2. The lowest BCUT2D eigenvalue weighted by Gasteiger charge is -2.12. The van der Waals surface area contributed by atoms with E-state index >= 15 is 0 Å². The summed E-state index contributed by atoms with van der Waals surface area (Å²) in [6.07, 6.45) is 5.12. The van der Waals surface area contributed by atoms with Crippen LogP contribution in [-0.2, 0) is 11.8 Å². The van der Waals surface area contributed by atoms with Gasteiger partial charge in [0.15, 0.2) is 0 Å². The van der Waals surface area contributed by atoms with E-state index in [1.54, 1.807) is 37.1 Å². The van der Waals surface area contributed by atoms with Crippen LogP contribution < -0.4 is 21.1 Å². The Balaban J connectivity index is 2.00. The number of fused-ring (bicyclic) bond motifs is 3. The number of imidazole rings is 1. The van der Waals surface area contributed by atoms with Gasteiger partial charge >= 0.3 is 5.69 Å². The van der Waals surface area contributed by atoms with Gasteiger partial charge in [-0.25, -0.2) is 9.78 Å². The topological polar surface area (TPSA) is 132 Å². The highest BCUT2D eigenvalue weighted by Gasteiger charge is 2.20. The molecule has 0 aliphatic carbocycles. The second-order valence-corrected chi connectivity index (χ2v) is 8.10. The third-order valence-corrected chi connectivity index (χ3v) is 5.61. The molecule has 0 radical (unpaired) electrons. The van der Waals surface area contributed by atoms with Gasteiger partial charge in [0.2, 0.25) is 11.8 Å². The van der Waals surface area contributed by atoms with E-state index in [2.05, 4.69) is 15.3 Å². The summed E-state index contributed by atoms with van der Waals surface area (Å²) in [6.45, 7) is 5.36. The van der Waals surface area contributed by atoms with Gasteiger partial charge in [-0.3, -0.25) is 18.9 Å². The number of anilines is 1. The predicted octanol–water partition coefficient (Wildman–Crippen LogP) is 2.34. The number of nitrogens with one attached hydrogen (secondary N) is 2. The van der Waals surface area contributed by atoms with Crippen LogP contribution in [0.15, 0.2) is 47.7 Å². The van der Waals surface area contributed by atoms with Crippen molar-refractivity contribution < 1.29 is 14.8 Å². The number of aryl methyl sites for hydroxylation is 1. The molecule has 0 aliphatic heterocycles. The number of pyridine rings is 2. The molecule has 4 aromatic rings. The molecule has 0 unspecified atom stereocenters. The minimum absolute atomic E-state index is 0.225. The van der Waals surface area contributed by atoms with Gasteiger partial charge in [0, 0.05) is 31.1 Å². The third kappa shape index (κ3) is 4.31. The smallest absolute Gasteiger partial charge is 0.333 e. The number of aromatic nitrogens is 4. The molecular formula is C25H28N7O3+. The van der Waals surface area contributed by atoms with E-state index in [-0.39, 0.29) is 17.3 Å². The number of hydrogen-bond acceptors (Lipinski definition) is 6. The average molecular weight is 475 g/mol. The normalized spacial score (nSPS) is 11.7. The molecule has 0 bridgehead atoms. The van der Waals surface area contributed by atoms with Gasteiger partial charge in [-0.1, -0.05) is 6.07 Å². The Kier molecular flexibility index (Phi) is 6.48. The maximum atomic E-state index is 13.2. The Labute approximate surface area is 201 Å². The van der Waals surface area contributed by atoms with Gasteiger partial charge in [0.1, 0.15) is 17.6 Å². The molecule has 0 aliphatic rings. The first-order chi connectivity index (χ1) is 16.8. The molecule has 180 valence electrons. The first-order valence-corrected chi connectivity index (χ1v) is 11.2. The maximum Gasteiger partial charge on any atom is 0.333 e. The number of rotatable bonds is 7. The van der Waals surface area contributed by atoms with Gasteiger partial charge in [0.25, 0.3) is 0 Å². The van der Waals surface area contributed by atoms with E-state index in [1.807, 2.05) is 43.6 Å². The molecule has 4 N–H and O–H groups in total. The van der Waals surface area contributed by atoms with Crippen LogP contribution in [-0.4, -0.2) is 44.4 Å². The first-order valence-electron chi connectivity index (χ1n) is 11.2. The Morgan fingerprint density at radius 1 is 1.20 bits per heavy atom. The standard InChI is InChI=1S/C25H27N7O3/c1-6-35-24-20(30-15(3)33)10-17(11-29-24)16-7-8-19-18(9-16)23-22(13-28-19)31(5)25(34)32(23)21(12-27-4)14(2)26/h7-13,26-27H,6H2,1-5H3,(H,30,33)/p+1. The minimum atomic E-state index is -0.255. The highest BCUT2D eigenvalue weighted by Crippen LogP contribution is 2.32. The fraction of sp³-hybridized carbons (Fsp3) is 0.240. The van der Waals surface area contributed by atoms with Crippen molar-refractivity contribution in [2.24, 2.45) is 7.05 Å². The number of nitrogens with two attached hydrogens (primary N) is 1. The summed E-state index contributed by atoms with van der Waals surface area (Å²) in [6, 6.07) is 7.56. The van der Waals surface area contributed by atoms with Gasteiger partial charge < -0.3 is 20.8 Å². The van der Waals surface area contributed by atoms with E-state index in [9.17, 15) is 9.59 Å². The van der Waals surface area contributed by atoms with E-state index in [0.717, 1.165) is 16.5 Å². The van der Waals surface area contributed by atoms with Crippen LogP contribution in [0, 0.1) is 5.41 Å². The lowest BCUT2D eigenvalue weighted by Crippen LogP contribution is -2.73. The van der Waals surface area contributed by atoms with E-state index < -0.39 is 0 Å². The molecule has 3 heterocycles. The summed E-state index contributed by atoms with van der Waals surface area (Å²) in [5.74, 6) is 0.122. The average Bonchev–Trinajstić information content (AvgIpc) is 3.08. The molecule has 35 heavy (non-hydrogen) atoms. The summed E-state index contributed by atoms with van der Waals surface area (Å²) < 4.78 is 8.65. The van der Waals surface area contributed by atoms with Crippen molar-refractivity contribution >= 4 is 44.9 Å².